The fourth-order valence-electron chi connectivity index (χ4n) is 0.770. The van der Waals surface area contributed by atoms with Gasteiger partial charge in [-0.2, -0.15) is 3.28 Å². The molecule has 1 N–H and O–H groups in total. The van der Waals surface area contributed by atoms with Crippen LogP contribution in [0.1, 0.15) is 0 Å². The summed E-state index contributed by atoms with van der Waals surface area (Å²) in [6.45, 7) is 0. The standard InChI is InChI=1S/C7H5ClINO4/c8-7(11)14-6-3-1-5(2-4-6)10(13)9-12/h1-4,13H. The van der Waals surface area contributed by atoms with E-state index >= 15 is 0 Å². The summed E-state index contributed by atoms with van der Waals surface area (Å²) in [5.74, 6) is 0.256. The molecule has 1 rings (SSSR count). The van der Waals surface area contributed by atoms with Gasteiger partial charge in [-0.15, -0.1) is 0 Å². The van der Waals surface area contributed by atoms with Crippen LogP contribution in [0.5, 0.6) is 5.75 Å². The number of carbonyl (C=O) groups excluding carboxylic acids is 1. The second-order valence-corrected chi connectivity index (χ2v) is 3.78. The van der Waals surface area contributed by atoms with Crippen molar-refractivity contribution in [1.82, 2.24) is 0 Å². The van der Waals surface area contributed by atoms with Crippen LogP contribution in [0, 0.1) is 0 Å². The summed E-state index contributed by atoms with van der Waals surface area (Å²) in [5, 5.41) is 9.04. The van der Waals surface area contributed by atoms with Crippen molar-refractivity contribution in [1.29, 1.82) is 0 Å². The number of benzene rings is 1. The zero-order valence-corrected chi connectivity index (χ0v) is 9.60. The molecular formula is C7H5ClINO4. The van der Waals surface area contributed by atoms with Crippen molar-refractivity contribution >= 4 is 44.2 Å². The normalized spacial score (nSPS) is 9.57. The molecule has 0 saturated heterocycles. The number of halogens is 2. The number of hydrogen-bond acceptors (Lipinski definition) is 4. The Balaban J connectivity index is 2.78. The monoisotopic (exact) mass is 329 g/mol. The van der Waals surface area contributed by atoms with Crippen LogP contribution in [-0.2, 0) is 3.07 Å². The van der Waals surface area contributed by atoms with Crippen molar-refractivity contribution < 1.29 is 17.8 Å². The van der Waals surface area contributed by atoms with Gasteiger partial charge in [0, 0.05) is 11.6 Å². The van der Waals surface area contributed by atoms with Gasteiger partial charge in [-0.05, 0) is 24.3 Å². The van der Waals surface area contributed by atoms with E-state index in [4.69, 9.17) is 16.8 Å². The minimum Gasteiger partial charge on any atom is -0.415 e. The molecule has 7 heteroatoms. The number of ether oxygens (including phenoxy) is 1. The van der Waals surface area contributed by atoms with Crippen molar-refractivity contribution in [3.63, 3.8) is 0 Å². The average Bonchev–Trinajstić information content (AvgIpc) is 2.17. The predicted octanol–water partition coefficient (Wildman–Crippen LogP) is 2.85. The molecule has 1 aromatic rings. The Morgan fingerprint density at radius 3 is 2.43 bits per heavy atom. The molecule has 76 valence electrons. The molecule has 0 aliphatic carbocycles. The topological polar surface area (TPSA) is 66.8 Å². The van der Waals surface area contributed by atoms with Gasteiger partial charge in [0.2, 0.25) is 0 Å². The molecule has 0 atom stereocenters. The van der Waals surface area contributed by atoms with Gasteiger partial charge in [-0.3, -0.25) is 5.21 Å². The van der Waals surface area contributed by atoms with Crippen LogP contribution in [0.4, 0.5) is 10.5 Å². The van der Waals surface area contributed by atoms with E-state index in [-0.39, 0.29) is 5.75 Å². The highest BCUT2D eigenvalue weighted by Gasteiger charge is 2.03. The molecule has 0 radical (unpaired) electrons. The smallest absolute Gasteiger partial charge is 0.409 e. The third-order valence-corrected chi connectivity index (χ3v) is 2.32. The number of anilines is 1. The molecule has 0 bridgehead atoms. The van der Waals surface area contributed by atoms with Gasteiger partial charge in [0.1, 0.15) is 5.75 Å². The lowest BCUT2D eigenvalue weighted by molar-refractivity contribution is 0.225. The number of rotatable bonds is 3. The molecule has 0 heterocycles. The molecule has 0 aromatic heterocycles. The maximum atomic E-state index is 10.4. The maximum absolute atomic E-state index is 10.4. The SMILES string of the molecule is O=IN(O)c1ccc(OC(=O)Cl)cc1. The van der Waals surface area contributed by atoms with Crippen LogP contribution in [0.25, 0.3) is 0 Å². The maximum Gasteiger partial charge on any atom is 0.409 e. The summed E-state index contributed by atoms with van der Waals surface area (Å²) in [7, 11) is 0. The highest BCUT2D eigenvalue weighted by Crippen LogP contribution is 2.22. The van der Waals surface area contributed by atoms with Crippen LogP contribution in [0.15, 0.2) is 24.3 Å². The summed E-state index contributed by atoms with van der Waals surface area (Å²) >= 11 is 3.32. The Labute approximate surface area is 95.2 Å². The largest absolute Gasteiger partial charge is 0.415 e. The first-order chi connectivity index (χ1) is 6.63. The van der Waals surface area contributed by atoms with Crippen LogP contribution < -0.4 is 8.01 Å². The van der Waals surface area contributed by atoms with Gasteiger partial charge in [0.25, 0.3) is 21.5 Å². The number of hydrogen-bond donors (Lipinski definition) is 1. The van der Waals surface area contributed by atoms with E-state index in [1.54, 1.807) is 0 Å². The minimum atomic E-state index is -1.66. The molecule has 14 heavy (non-hydrogen) atoms. The van der Waals surface area contributed by atoms with E-state index in [0.717, 1.165) is 0 Å². The van der Waals surface area contributed by atoms with Crippen molar-refractivity contribution in [3.8, 4) is 5.75 Å². The molecule has 0 spiro atoms. The summed E-state index contributed by atoms with van der Waals surface area (Å²) in [4.78, 5) is 10.3. The summed E-state index contributed by atoms with van der Waals surface area (Å²) < 4.78 is 15.5. The van der Waals surface area contributed by atoms with Gasteiger partial charge in [-0.25, -0.2) is 7.86 Å². The van der Waals surface area contributed by atoms with E-state index in [2.05, 4.69) is 4.74 Å². The molecule has 1 aromatic carbocycles. The van der Waals surface area contributed by atoms with E-state index in [1.165, 1.54) is 24.3 Å². The minimum absolute atomic E-state index is 0.256. The van der Waals surface area contributed by atoms with Crippen molar-refractivity contribution in [3.05, 3.63) is 24.3 Å². The highest BCUT2D eigenvalue weighted by atomic mass is 127. The first-order valence-electron chi connectivity index (χ1n) is 3.37. The second kappa shape index (κ2) is 5.23. The van der Waals surface area contributed by atoms with Gasteiger partial charge < -0.3 is 4.74 Å². The fourth-order valence-corrected chi connectivity index (χ4v) is 1.41. The lowest BCUT2D eigenvalue weighted by atomic mass is 10.3. The lowest BCUT2D eigenvalue weighted by Gasteiger charge is -2.06. The predicted molar refractivity (Wildman–Crippen MR) is 57.3 cm³/mol. The Morgan fingerprint density at radius 1 is 1.43 bits per heavy atom. The van der Waals surface area contributed by atoms with Crippen molar-refractivity contribution in [2.45, 2.75) is 0 Å². The average molecular weight is 329 g/mol. The molecule has 0 fully saturated rings. The Kier molecular flexibility index (Phi) is 4.23. The van der Waals surface area contributed by atoms with Crippen LogP contribution in [0.3, 0.4) is 0 Å². The van der Waals surface area contributed by atoms with Crippen LogP contribution in [-0.4, -0.2) is 10.6 Å². The third kappa shape index (κ3) is 3.20. The third-order valence-electron chi connectivity index (χ3n) is 1.31. The molecule has 0 unspecified atom stereocenters. The number of carbonyl (C=O) groups is 1. The van der Waals surface area contributed by atoms with Gasteiger partial charge in [0.15, 0.2) is 0 Å². The molecule has 0 saturated carbocycles. The van der Waals surface area contributed by atoms with Gasteiger partial charge in [0.05, 0.1) is 5.69 Å². The second-order valence-electron chi connectivity index (χ2n) is 2.16. The van der Waals surface area contributed by atoms with Crippen LogP contribution in [0.2, 0.25) is 0 Å². The lowest BCUT2D eigenvalue weighted by Crippen LogP contribution is -2.02. The summed E-state index contributed by atoms with van der Waals surface area (Å²) in [5.41, 5.74) is -0.572. The van der Waals surface area contributed by atoms with Gasteiger partial charge in [-0.1, -0.05) is 0 Å². The Hall–Kier alpha value is -0.730. The van der Waals surface area contributed by atoms with Gasteiger partial charge >= 0.3 is 5.43 Å². The quantitative estimate of drug-likeness (QED) is 0.400. The summed E-state index contributed by atoms with van der Waals surface area (Å²) in [6, 6.07) is 5.76. The highest BCUT2D eigenvalue weighted by molar-refractivity contribution is 14.1. The molecular weight excluding hydrogens is 324 g/mol. The van der Waals surface area contributed by atoms with E-state index in [0.29, 0.717) is 8.96 Å². The first-order valence-corrected chi connectivity index (χ1v) is 5.59. The summed E-state index contributed by atoms with van der Waals surface area (Å²) in [6.07, 6.45) is 0. The van der Waals surface area contributed by atoms with Crippen LogP contribution >= 0.6 is 33.1 Å². The van der Waals surface area contributed by atoms with E-state index < -0.39 is 26.9 Å². The van der Waals surface area contributed by atoms with E-state index in [1.807, 2.05) is 0 Å². The van der Waals surface area contributed by atoms with Crippen molar-refractivity contribution in [2.75, 3.05) is 3.28 Å². The Bertz CT molecular complexity index is 342. The zero-order valence-electron chi connectivity index (χ0n) is 6.68. The first kappa shape index (κ1) is 11.3. The Morgan fingerprint density at radius 2 is 2.00 bits per heavy atom. The zero-order chi connectivity index (χ0) is 10.6. The van der Waals surface area contributed by atoms with Crippen molar-refractivity contribution in [2.24, 2.45) is 0 Å². The molecule has 0 aliphatic heterocycles. The number of nitrogens with zero attached hydrogens (tertiary/aromatic N) is 1. The molecule has 0 amide bonds. The van der Waals surface area contributed by atoms with E-state index in [9.17, 15) is 7.86 Å². The molecule has 5 nitrogen and oxygen atoms in total. The fraction of sp³-hybridized carbons (Fsp3) is 0. The molecule has 0 aliphatic rings.